The minimum Gasteiger partial charge on any atom is -0.496 e. The maximum absolute atomic E-state index is 12.6. The van der Waals surface area contributed by atoms with Gasteiger partial charge in [-0.25, -0.2) is 8.42 Å². The van der Waals surface area contributed by atoms with Gasteiger partial charge in [-0.15, -0.1) is 0 Å². The normalized spacial score (nSPS) is 11.0. The van der Waals surface area contributed by atoms with Gasteiger partial charge in [-0.3, -0.25) is 14.3 Å². The Labute approximate surface area is 191 Å². The molecule has 0 saturated heterocycles. The fraction of sp³-hybridized carbons (Fsp3) is 0.238. The fourth-order valence-electron chi connectivity index (χ4n) is 2.75. The average molecular weight is 480 g/mol. The van der Waals surface area contributed by atoms with E-state index in [9.17, 15) is 18.0 Å². The number of benzene rings is 2. The Kier molecular flexibility index (Phi) is 8.51. The molecule has 0 atom stereocenters. The first kappa shape index (κ1) is 25.3. The summed E-state index contributed by atoms with van der Waals surface area (Å²) < 4.78 is 48.5. The van der Waals surface area contributed by atoms with Gasteiger partial charge in [-0.05, 0) is 24.3 Å². The molecule has 2 rings (SSSR count). The number of hydrogen-bond donors (Lipinski definition) is 3. The lowest BCUT2D eigenvalue weighted by atomic mass is 10.1. The van der Waals surface area contributed by atoms with Gasteiger partial charge in [-0.1, -0.05) is 0 Å². The van der Waals surface area contributed by atoms with Crippen molar-refractivity contribution in [2.75, 3.05) is 38.5 Å². The molecular formula is C21H24N2O9S. The molecule has 0 aliphatic heterocycles. The molecule has 0 aromatic heterocycles. The van der Waals surface area contributed by atoms with Crippen molar-refractivity contribution in [3.63, 3.8) is 0 Å². The van der Waals surface area contributed by atoms with Crippen LogP contribution in [0.4, 0.5) is 11.4 Å². The number of ether oxygens (including phenoxy) is 4. The van der Waals surface area contributed by atoms with Gasteiger partial charge in [0.15, 0.2) is 0 Å². The van der Waals surface area contributed by atoms with Crippen molar-refractivity contribution in [3.8, 4) is 23.0 Å². The first-order valence-electron chi connectivity index (χ1n) is 9.33. The molecule has 0 aliphatic rings. The molecule has 11 nitrogen and oxygen atoms in total. The van der Waals surface area contributed by atoms with Gasteiger partial charge in [-0.2, -0.15) is 0 Å². The number of amides is 1. The van der Waals surface area contributed by atoms with E-state index < -0.39 is 28.3 Å². The zero-order valence-electron chi connectivity index (χ0n) is 18.4. The predicted molar refractivity (Wildman–Crippen MR) is 122 cm³/mol. The summed E-state index contributed by atoms with van der Waals surface area (Å²) in [6.07, 6.45) is 0.548. The molecule has 0 spiro atoms. The third kappa shape index (κ3) is 7.04. The second-order valence-electron chi connectivity index (χ2n) is 6.43. The molecule has 12 heteroatoms. The molecule has 3 N–H and O–H groups in total. The van der Waals surface area contributed by atoms with E-state index in [4.69, 9.17) is 24.1 Å². The molecule has 0 saturated carbocycles. The molecule has 2 aromatic carbocycles. The summed E-state index contributed by atoms with van der Waals surface area (Å²) in [5, 5.41) is 12.0. The average Bonchev–Trinajstić information content (AvgIpc) is 2.76. The second-order valence-corrected chi connectivity index (χ2v) is 8.00. The first-order valence-corrected chi connectivity index (χ1v) is 10.9. The Morgan fingerprint density at radius 1 is 0.939 bits per heavy atom. The van der Waals surface area contributed by atoms with Gasteiger partial charge in [0.05, 0.1) is 50.8 Å². The highest BCUT2D eigenvalue weighted by Crippen LogP contribution is 2.35. The molecule has 0 aliphatic carbocycles. The van der Waals surface area contributed by atoms with E-state index in [0.717, 1.165) is 5.41 Å². The van der Waals surface area contributed by atoms with Gasteiger partial charge in [0.1, 0.15) is 29.4 Å². The van der Waals surface area contributed by atoms with Crippen LogP contribution in [0.5, 0.6) is 23.0 Å². The molecule has 0 bridgehead atoms. The van der Waals surface area contributed by atoms with Gasteiger partial charge in [0, 0.05) is 12.1 Å². The van der Waals surface area contributed by atoms with Crippen LogP contribution in [-0.4, -0.2) is 53.8 Å². The van der Waals surface area contributed by atoms with Crippen molar-refractivity contribution in [2.24, 2.45) is 0 Å². The predicted octanol–water partition coefficient (Wildman–Crippen LogP) is 2.55. The number of anilines is 2. The molecule has 0 heterocycles. The molecule has 33 heavy (non-hydrogen) atoms. The van der Waals surface area contributed by atoms with Crippen LogP contribution < -0.4 is 29.0 Å². The summed E-state index contributed by atoms with van der Waals surface area (Å²) in [6.45, 7) is 0. The summed E-state index contributed by atoms with van der Waals surface area (Å²) in [6, 6.07) is 7.31. The van der Waals surface area contributed by atoms with Gasteiger partial charge >= 0.3 is 5.97 Å². The molecule has 1 amide bonds. The Balaban J connectivity index is 2.31. The number of sulfonamides is 1. The number of carbonyl (C=O) groups excluding carboxylic acids is 1. The number of carboxylic acid groups (broad SMARTS) is 1. The van der Waals surface area contributed by atoms with Crippen LogP contribution in [-0.2, 0) is 19.6 Å². The van der Waals surface area contributed by atoms with Gasteiger partial charge < -0.3 is 29.4 Å². The largest absolute Gasteiger partial charge is 0.496 e. The number of carboxylic acids is 1. The lowest BCUT2D eigenvalue weighted by molar-refractivity contribution is -0.139. The Morgan fingerprint density at radius 2 is 1.55 bits per heavy atom. The number of carbonyl (C=O) groups is 2. The van der Waals surface area contributed by atoms with E-state index in [1.807, 2.05) is 0 Å². The molecule has 0 fully saturated rings. The summed E-state index contributed by atoms with van der Waals surface area (Å²) >= 11 is 0. The lowest BCUT2D eigenvalue weighted by Crippen LogP contribution is -2.17. The minimum absolute atomic E-state index is 0.103. The van der Waals surface area contributed by atoms with E-state index in [0.29, 0.717) is 22.8 Å². The van der Waals surface area contributed by atoms with E-state index in [-0.39, 0.29) is 17.1 Å². The molecule has 178 valence electrons. The van der Waals surface area contributed by atoms with E-state index in [1.54, 1.807) is 12.1 Å². The van der Waals surface area contributed by atoms with Gasteiger partial charge in [0.25, 0.3) is 10.0 Å². The van der Waals surface area contributed by atoms with Crippen LogP contribution in [0, 0.1) is 0 Å². The highest BCUT2D eigenvalue weighted by atomic mass is 32.2. The Bertz CT molecular complexity index is 1140. The number of methoxy groups -OCH3 is 4. The smallest absolute Gasteiger partial charge is 0.312 e. The summed E-state index contributed by atoms with van der Waals surface area (Å²) in [7, 11) is 1.68. The molecule has 2 aromatic rings. The maximum Gasteiger partial charge on any atom is 0.312 e. The standard InChI is InChI=1S/C21H24N2O9S/c1-29-14-10-18(31-3)15(19(11-14)32-4)7-8-33(27,28)23-13-5-6-17(30-2)16(9-13)22-20(24)12-21(25)26/h5-11,23H,12H2,1-4H3,(H,22,24)(H,25,26)/b8-7+. The van der Waals surface area contributed by atoms with Crippen LogP contribution in [0.1, 0.15) is 12.0 Å². The monoisotopic (exact) mass is 480 g/mol. The summed E-state index contributed by atoms with van der Waals surface area (Å²) in [5.74, 6) is -0.731. The SMILES string of the molecule is COc1cc(OC)c(/C=C/S(=O)(=O)Nc2ccc(OC)c(NC(=O)CC(=O)O)c2)c(OC)c1. The number of nitrogens with one attached hydrogen (secondary N) is 2. The van der Waals surface area contributed by atoms with Crippen molar-refractivity contribution in [3.05, 3.63) is 41.3 Å². The quantitative estimate of drug-likeness (QED) is 0.412. The highest BCUT2D eigenvalue weighted by molar-refractivity contribution is 7.95. The summed E-state index contributed by atoms with van der Waals surface area (Å²) in [4.78, 5) is 22.5. The van der Waals surface area contributed by atoms with E-state index >= 15 is 0 Å². The second kappa shape index (κ2) is 11.1. The van der Waals surface area contributed by atoms with Crippen LogP contribution in [0.15, 0.2) is 35.7 Å². The highest BCUT2D eigenvalue weighted by Gasteiger charge is 2.15. The minimum atomic E-state index is -4.00. The third-order valence-electron chi connectivity index (χ3n) is 4.21. The zero-order chi connectivity index (χ0) is 24.6. The van der Waals surface area contributed by atoms with Crippen LogP contribution in [0.25, 0.3) is 6.08 Å². The molecule has 0 unspecified atom stereocenters. The van der Waals surface area contributed by atoms with Crippen molar-refractivity contribution in [1.29, 1.82) is 0 Å². The van der Waals surface area contributed by atoms with Crippen molar-refractivity contribution < 1.29 is 42.1 Å². The molecular weight excluding hydrogens is 456 g/mol. The van der Waals surface area contributed by atoms with Crippen LogP contribution in [0.3, 0.4) is 0 Å². The molecule has 0 radical (unpaired) electrons. The summed E-state index contributed by atoms with van der Waals surface area (Å²) in [5.41, 5.74) is 0.591. The van der Waals surface area contributed by atoms with Crippen molar-refractivity contribution in [1.82, 2.24) is 0 Å². The topological polar surface area (TPSA) is 149 Å². The zero-order valence-corrected chi connectivity index (χ0v) is 19.2. The van der Waals surface area contributed by atoms with Crippen molar-refractivity contribution >= 4 is 39.4 Å². The van der Waals surface area contributed by atoms with E-state index in [2.05, 4.69) is 10.0 Å². The van der Waals surface area contributed by atoms with Crippen molar-refractivity contribution in [2.45, 2.75) is 6.42 Å². The Hall–Kier alpha value is -3.93. The third-order valence-corrected chi connectivity index (χ3v) is 5.23. The Morgan fingerprint density at radius 3 is 2.06 bits per heavy atom. The maximum atomic E-state index is 12.6. The number of aliphatic carboxylic acids is 1. The van der Waals surface area contributed by atoms with Crippen LogP contribution in [0.2, 0.25) is 0 Å². The van der Waals surface area contributed by atoms with E-state index in [1.165, 1.54) is 52.7 Å². The first-order chi connectivity index (χ1) is 15.6. The fourth-order valence-corrected chi connectivity index (χ4v) is 3.59. The van der Waals surface area contributed by atoms with Crippen LogP contribution >= 0.6 is 0 Å². The lowest BCUT2D eigenvalue weighted by Gasteiger charge is -2.13. The van der Waals surface area contributed by atoms with Gasteiger partial charge in [0.2, 0.25) is 5.91 Å². The number of rotatable bonds is 11. The number of hydrogen-bond acceptors (Lipinski definition) is 8.